The molecule has 0 radical (unpaired) electrons. The van der Waals surface area contributed by atoms with Gasteiger partial charge < -0.3 is 10.1 Å². The number of amides is 1. The predicted octanol–water partition coefficient (Wildman–Crippen LogP) is 3.57. The highest BCUT2D eigenvalue weighted by Crippen LogP contribution is 2.19. The number of halogens is 2. The van der Waals surface area contributed by atoms with Crippen LogP contribution in [0.15, 0.2) is 42.5 Å². The lowest BCUT2D eigenvalue weighted by atomic mass is 10.2. The summed E-state index contributed by atoms with van der Waals surface area (Å²) in [5.41, 5.74) is 6.66. The number of carbonyl (C=O) groups excluding carboxylic acids is 1. The van der Waals surface area contributed by atoms with E-state index in [2.05, 4.69) is 16.2 Å². The molecule has 0 saturated heterocycles. The number of anilines is 1. The van der Waals surface area contributed by atoms with Gasteiger partial charge in [0, 0.05) is 10.7 Å². The minimum atomic E-state index is -0.797. The van der Waals surface area contributed by atoms with Gasteiger partial charge in [-0.2, -0.15) is 0 Å². The summed E-state index contributed by atoms with van der Waals surface area (Å²) in [5, 5.41) is 3.70. The first-order valence-electron chi connectivity index (χ1n) is 7.40. The molecule has 0 saturated carbocycles. The zero-order chi connectivity index (χ0) is 18.4. The van der Waals surface area contributed by atoms with Gasteiger partial charge in [-0.3, -0.25) is 15.6 Å². The largest absolute Gasteiger partial charge is 0.481 e. The van der Waals surface area contributed by atoms with Gasteiger partial charge in [-0.25, -0.2) is 4.39 Å². The fraction of sp³-hybridized carbons (Fsp3) is 0.176. The van der Waals surface area contributed by atoms with Crippen LogP contribution in [0, 0.1) is 12.7 Å². The Morgan fingerprint density at radius 3 is 2.52 bits per heavy atom. The Morgan fingerprint density at radius 1 is 1.20 bits per heavy atom. The third-order valence-electron chi connectivity index (χ3n) is 3.22. The second-order valence-corrected chi connectivity index (χ2v) is 6.06. The van der Waals surface area contributed by atoms with E-state index >= 15 is 0 Å². The van der Waals surface area contributed by atoms with Crippen molar-refractivity contribution in [3.8, 4) is 5.75 Å². The molecule has 0 aliphatic heterocycles. The first-order chi connectivity index (χ1) is 11.8. The molecule has 0 aliphatic carbocycles. The van der Waals surface area contributed by atoms with E-state index in [0.29, 0.717) is 16.5 Å². The lowest BCUT2D eigenvalue weighted by Gasteiger charge is -2.16. The van der Waals surface area contributed by atoms with E-state index in [1.807, 2.05) is 19.1 Å². The zero-order valence-electron chi connectivity index (χ0n) is 13.6. The van der Waals surface area contributed by atoms with Crippen LogP contribution < -0.4 is 20.9 Å². The van der Waals surface area contributed by atoms with Crippen LogP contribution in [-0.4, -0.2) is 17.1 Å². The van der Waals surface area contributed by atoms with Gasteiger partial charge in [-0.05, 0) is 68.0 Å². The van der Waals surface area contributed by atoms with Crippen molar-refractivity contribution in [1.29, 1.82) is 0 Å². The zero-order valence-corrected chi connectivity index (χ0v) is 15.2. The smallest absolute Gasteiger partial charge is 0.279 e. The molecular formula is C17H17ClFN3O2S. The molecule has 132 valence electrons. The SMILES string of the molecule is Cc1ccc(NC(=S)NNC(=O)[C@H](C)Oc2ccc(F)cc2)cc1Cl. The van der Waals surface area contributed by atoms with E-state index in [-0.39, 0.29) is 10.9 Å². The fourth-order valence-electron chi connectivity index (χ4n) is 1.82. The Balaban J connectivity index is 1.80. The second-order valence-electron chi connectivity index (χ2n) is 5.25. The molecule has 5 nitrogen and oxygen atoms in total. The summed E-state index contributed by atoms with van der Waals surface area (Å²) >= 11 is 11.1. The molecule has 0 aliphatic rings. The van der Waals surface area contributed by atoms with Gasteiger partial charge >= 0.3 is 0 Å². The van der Waals surface area contributed by atoms with Crippen LogP contribution in [0.5, 0.6) is 5.75 Å². The molecule has 25 heavy (non-hydrogen) atoms. The van der Waals surface area contributed by atoms with Gasteiger partial charge in [0.05, 0.1) is 0 Å². The normalized spacial score (nSPS) is 11.4. The number of hydrazine groups is 1. The number of ether oxygens (including phenoxy) is 1. The number of carbonyl (C=O) groups is 1. The number of thiocarbonyl (C=S) groups is 1. The molecule has 2 aromatic rings. The molecule has 1 amide bonds. The molecule has 0 bridgehead atoms. The minimum absolute atomic E-state index is 0.197. The van der Waals surface area contributed by atoms with Crippen LogP contribution in [0.4, 0.5) is 10.1 Å². The molecular weight excluding hydrogens is 365 g/mol. The average molecular weight is 382 g/mol. The van der Waals surface area contributed by atoms with E-state index in [4.69, 9.17) is 28.6 Å². The fourth-order valence-corrected chi connectivity index (χ4v) is 2.17. The van der Waals surface area contributed by atoms with Gasteiger partial charge in [0.25, 0.3) is 5.91 Å². The summed E-state index contributed by atoms with van der Waals surface area (Å²) in [6.45, 7) is 3.46. The van der Waals surface area contributed by atoms with Crippen LogP contribution in [0.3, 0.4) is 0 Å². The van der Waals surface area contributed by atoms with Crippen molar-refractivity contribution in [2.45, 2.75) is 20.0 Å². The monoisotopic (exact) mass is 381 g/mol. The summed E-state index contributed by atoms with van der Waals surface area (Å²) in [4.78, 5) is 12.0. The molecule has 0 aromatic heterocycles. The van der Waals surface area contributed by atoms with Crippen molar-refractivity contribution in [3.63, 3.8) is 0 Å². The molecule has 8 heteroatoms. The first-order valence-corrected chi connectivity index (χ1v) is 8.19. The molecule has 2 aromatic carbocycles. The number of hydrogen-bond acceptors (Lipinski definition) is 3. The van der Waals surface area contributed by atoms with E-state index in [1.165, 1.54) is 24.3 Å². The third kappa shape index (κ3) is 5.88. The first kappa shape index (κ1) is 19.0. The van der Waals surface area contributed by atoms with Crippen LogP contribution in [0.25, 0.3) is 0 Å². The highest BCUT2D eigenvalue weighted by atomic mass is 35.5. The summed E-state index contributed by atoms with van der Waals surface area (Å²) < 4.78 is 18.3. The van der Waals surface area contributed by atoms with Crippen molar-refractivity contribution in [2.75, 3.05) is 5.32 Å². The van der Waals surface area contributed by atoms with Gasteiger partial charge in [0.1, 0.15) is 11.6 Å². The van der Waals surface area contributed by atoms with Gasteiger partial charge in [0.2, 0.25) is 0 Å². The molecule has 1 atom stereocenters. The standard InChI is InChI=1S/C17H17ClFN3O2S/c1-10-3-6-13(9-15(10)18)20-17(25)22-21-16(23)11(2)24-14-7-4-12(19)5-8-14/h3-9,11H,1-2H3,(H,21,23)(H2,20,22,25)/t11-/m0/s1. The molecule has 3 N–H and O–H groups in total. The van der Waals surface area contributed by atoms with E-state index in [1.54, 1.807) is 13.0 Å². The second kappa shape index (κ2) is 8.64. The van der Waals surface area contributed by atoms with Crippen molar-refractivity contribution in [3.05, 3.63) is 58.9 Å². The predicted molar refractivity (Wildman–Crippen MR) is 100 cm³/mol. The lowest BCUT2D eigenvalue weighted by Crippen LogP contribution is -2.48. The highest BCUT2D eigenvalue weighted by Gasteiger charge is 2.14. The number of benzene rings is 2. The molecule has 0 spiro atoms. The number of nitrogens with one attached hydrogen (secondary N) is 3. The van der Waals surface area contributed by atoms with Crippen LogP contribution in [0.1, 0.15) is 12.5 Å². The van der Waals surface area contributed by atoms with Crippen molar-refractivity contribution in [2.24, 2.45) is 0 Å². The minimum Gasteiger partial charge on any atom is -0.481 e. The Morgan fingerprint density at radius 2 is 1.88 bits per heavy atom. The third-order valence-corrected chi connectivity index (χ3v) is 3.84. The Kier molecular flexibility index (Phi) is 6.55. The average Bonchev–Trinajstić information content (AvgIpc) is 2.58. The number of hydrogen-bond donors (Lipinski definition) is 3. The summed E-state index contributed by atoms with van der Waals surface area (Å²) in [6.07, 6.45) is -0.797. The topological polar surface area (TPSA) is 62.4 Å². The highest BCUT2D eigenvalue weighted by molar-refractivity contribution is 7.80. The maximum absolute atomic E-state index is 12.8. The van der Waals surface area contributed by atoms with E-state index in [9.17, 15) is 9.18 Å². The maximum Gasteiger partial charge on any atom is 0.279 e. The summed E-state index contributed by atoms with van der Waals surface area (Å²) in [7, 11) is 0. The van der Waals surface area contributed by atoms with Crippen LogP contribution in [-0.2, 0) is 4.79 Å². The quantitative estimate of drug-likeness (QED) is 0.558. The molecule has 0 fully saturated rings. The lowest BCUT2D eigenvalue weighted by molar-refractivity contribution is -0.127. The van der Waals surface area contributed by atoms with Crippen molar-refractivity contribution < 1.29 is 13.9 Å². The van der Waals surface area contributed by atoms with Crippen LogP contribution in [0.2, 0.25) is 5.02 Å². The van der Waals surface area contributed by atoms with Crippen LogP contribution >= 0.6 is 23.8 Å². The maximum atomic E-state index is 12.8. The van der Waals surface area contributed by atoms with Gasteiger partial charge in [0.15, 0.2) is 11.2 Å². The van der Waals surface area contributed by atoms with E-state index < -0.39 is 12.0 Å². The van der Waals surface area contributed by atoms with Crippen molar-refractivity contribution >= 4 is 40.5 Å². The van der Waals surface area contributed by atoms with E-state index in [0.717, 1.165) is 5.56 Å². The summed E-state index contributed by atoms with van der Waals surface area (Å²) in [5.74, 6) is -0.423. The Labute approximate surface area is 155 Å². The Hall–Kier alpha value is -2.38. The summed E-state index contributed by atoms with van der Waals surface area (Å²) in [6, 6.07) is 10.8. The molecule has 0 unspecified atom stereocenters. The van der Waals surface area contributed by atoms with Gasteiger partial charge in [-0.1, -0.05) is 17.7 Å². The Bertz CT molecular complexity index is 771. The number of aryl methyl sites for hydroxylation is 1. The van der Waals surface area contributed by atoms with Crippen molar-refractivity contribution in [1.82, 2.24) is 10.9 Å². The molecule has 0 heterocycles. The molecule has 2 rings (SSSR count). The number of rotatable bonds is 4. The van der Waals surface area contributed by atoms with Gasteiger partial charge in [-0.15, -0.1) is 0 Å².